The summed E-state index contributed by atoms with van der Waals surface area (Å²) in [7, 11) is 0. The highest BCUT2D eigenvalue weighted by atomic mass is 32.1. The smallest absolute Gasteiger partial charge is 0.0940 e. The highest BCUT2D eigenvalue weighted by Crippen LogP contribution is 2.42. The monoisotopic (exact) mass is 309 g/mol. The number of hydrogen-bond acceptors (Lipinski definition) is 4. The predicted molar refractivity (Wildman–Crippen MR) is 86.9 cm³/mol. The van der Waals surface area contributed by atoms with Crippen LogP contribution < -0.4 is 5.32 Å². The van der Waals surface area contributed by atoms with Gasteiger partial charge in [0.05, 0.1) is 12.2 Å². The van der Waals surface area contributed by atoms with Gasteiger partial charge in [0.25, 0.3) is 0 Å². The Morgan fingerprint density at radius 1 is 1.43 bits per heavy atom. The fourth-order valence-corrected chi connectivity index (χ4v) is 4.62. The fourth-order valence-electron chi connectivity index (χ4n) is 3.73. The Balaban J connectivity index is 1.77. The van der Waals surface area contributed by atoms with Crippen LogP contribution >= 0.6 is 11.3 Å². The van der Waals surface area contributed by atoms with Crippen molar-refractivity contribution in [3.8, 4) is 0 Å². The Labute approximate surface area is 132 Å². The van der Waals surface area contributed by atoms with Crippen LogP contribution in [0.1, 0.15) is 49.8 Å². The van der Waals surface area contributed by atoms with Gasteiger partial charge in [-0.2, -0.15) is 11.3 Å². The molecule has 2 fully saturated rings. The number of hydrogen-bond donors (Lipinski definition) is 1. The van der Waals surface area contributed by atoms with Crippen LogP contribution in [0.25, 0.3) is 0 Å². The molecule has 3 unspecified atom stereocenters. The van der Waals surface area contributed by atoms with Gasteiger partial charge in [0.2, 0.25) is 0 Å². The quantitative estimate of drug-likeness (QED) is 0.900. The van der Waals surface area contributed by atoms with E-state index in [0.29, 0.717) is 12.0 Å². The molecule has 0 amide bonds. The Morgan fingerprint density at radius 3 is 3.00 bits per heavy atom. The molecule has 0 aromatic carbocycles. The maximum Gasteiger partial charge on any atom is 0.0940 e. The molecule has 3 nitrogen and oxygen atoms in total. The van der Waals surface area contributed by atoms with Gasteiger partial charge in [-0.25, -0.2) is 0 Å². The van der Waals surface area contributed by atoms with Crippen molar-refractivity contribution in [3.63, 3.8) is 0 Å². The summed E-state index contributed by atoms with van der Waals surface area (Å²) < 4.78 is 11.7. The molecule has 1 spiro atoms. The van der Waals surface area contributed by atoms with Crippen LogP contribution in [0.3, 0.4) is 0 Å². The Morgan fingerprint density at radius 2 is 2.33 bits per heavy atom. The van der Waals surface area contributed by atoms with E-state index in [1.165, 1.54) is 17.5 Å². The lowest BCUT2D eigenvalue weighted by Crippen LogP contribution is -2.44. The molecule has 0 bridgehead atoms. The number of thiophene rings is 1. The van der Waals surface area contributed by atoms with Crippen LogP contribution in [0.5, 0.6) is 0 Å². The van der Waals surface area contributed by atoms with Gasteiger partial charge < -0.3 is 14.8 Å². The average molecular weight is 309 g/mol. The predicted octanol–water partition coefficient (Wildman–Crippen LogP) is 3.68. The summed E-state index contributed by atoms with van der Waals surface area (Å²) in [5, 5.41) is 8.40. The molecule has 4 heteroatoms. The molecule has 3 heterocycles. The number of nitrogens with one attached hydrogen (secondary N) is 1. The van der Waals surface area contributed by atoms with Gasteiger partial charge in [0.1, 0.15) is 0 Å². The third-order valence-corrected chi connectivity index (χ3v) is 5.79. The highest BCUT2D eigenvalue weighted by Gasteiger charge is 2.43. The van der Waals surface area contributed by atoms with Crippen molar-refractivity contribution in [1.82, 2.24) is 5.32 Å². The second-order valence-corrected chi connectivity index (χ2v) is 7.27. The zero-order chi connectivity index (χ0) is 14.7. The minimum absolute atomic E-state index is 0.00100. The van der Waals surface area contributed by atoms with Gasteiger partial charge in [0, 0.05) is 25.7 Å². The van der Waals surface area contributed by atoms with Crippen molar-refractivity contribution in [3.05, 3.63) is 21.9 Å². The SMILES string of the molecule is CCCNC(c1cscc1C)C1CCOC2(CCOC2)C1. The van der Waals surface area contributed by atoms with E-state index in [-0.39, 0.29) is 5.60 Å². The van der Waals surface area contributed by atoms with E-state index < -0.39 is 0 Å². The van der Waals surface area contributed by atoms with E-state index in [1.54, 1.807) is 0 Å². The van der Waals surface area contributed by atoms with Gasteiger partial charge in [-0.05, 0) is 60.5 Å². The van der Waals surface area contributed by atoms with Crippen LogP contribution in [0, 0.1) is 12.8 Å². The maximum atomic E-state index is 6.11. The lowest BCUT2D eigenvalue weighted by Gasteiger charge is -2.41. The minimum atomic E-state index is -0.00100. The summed E-state index contributed by atoms with van der Waals surface area (Å²) >= 11 is 1.82. The third-order valence-electron chi connectivity index (χ3n) is 4.91. The molecule has 3 atom stereocenters. The Kier molecular flexibility index (Phi) is 4.99. The molecule has 1 aromatic heterocycles. The standard InChI is InChI=1S/C17H27NO2S/c1-3-6-18-16(15-11-21-10-13(15)2)14-4-7-20-17(9-14)5-8-19-12-17/h10-11,14,16,18H,3-9,12H2,1-2H3. The van der Waals surface area contributed by atoms with Crippen molar-refractivity contribution >= 4 is 11.3 Å². The third kappa shape index (κ3) is 3.34. The fraction of sp³-hybridized carbons (Fsp3) is 0.765. The zero-order valence-corrected chi connectivity index (χ0v) is 14.0. The summed E-state index contributed by atoms with van der Waals surface area (Å²) in [5.74, 6) is 0.653. The average Bonchev–Trinajstić information content (AvgIpc) is 3.10. The van der Waals surface area contributed by atoms with Crippen LogP contribution in [0.15, 0.2) is 10.8 Å². The molecule has 118 valence electrons. The summed E-state index contributed by atoms with van der Waals surface area (Å²) in [6.45, 7) is 8.08. The topological polar surface area (TPSA) is 30.5 Å². The van der Waals surface area contributed by atoms with Crippen molar-refractivity contribution in [2.75, 3.05) is 26.4 Å². The molecule has 1 aromatic rings. The van der Waals surface area contributed by atoms with E-state index >= 15 is 0 Å². The molecule has 0 aliphatic carbocycles. The number of aryl methyl sites for hydroxylation is 1. The lowest BCUT2D eigenvalue weighted by molar-refractivity contribution is -0.103. The highest BCUT2D eigenvalue weighted by molar-refractivity contribution is 7.08. The molecule has 3 rings (SSSR count). The molecular weight excluding hydrogens is 282 g/mol. The largest absolute Gasteiger partial charge is 0.378 e. The number of ether oxygens (including phenoxy) is 2. The van der Waals surface area contributed by atoms with Gasteiger partial charge in [-0.3, -0.25) is 0 Å². The van der Waals surface area contributed by atoms with Crippen LogP contribution in [0.2, 0.25) is 0 Å². The summed E-state index contributed by atoms with van der Waals surface area (Å²) in [5.41, 5.74) is 2.92. The molecule has 0 radical (unpaired) electrons. The normalized spacial score (nSPS) is 30.9. The molecule has 2 aliphatic rings. The number of rotatable bonds is 5. The van der Waals surface area contributed by atoms with Gasteiger partial charge in [-0.1, -0.05) is 6.92 Å². The van der Waals surface area contributed by atoms with Crippen molar-refractivity contribution in [1.29, 1.82) is 0 Å². The Bertz CT molecular complexity index is 453. The second-order valence-electron chi connectivity index (χ2n) is 6.53. The molecule has 0 saturated carbocycles. The van der Waals surface area contributed by atoms with Gasteiger partial charge in [0.15, 0.2) is 0 Å². The summed E-state index contributed by atoms with van der Waals surface area (Å²) in [6.07, 6.45) is 4.52. The van der Waals surface area contributed by atoms with E-state index in [4.69, 9.17) is 9.47 Å². The second kappa shape index (κ2) is 6.78. The lowest BCUT2D eigenvalue weighted by atomic mass is 9.79. The first-order valence-corrected chi connectivity index (χ1v) is 9.16. The molecule has 1 N–H and O–H groups in total. The van der Waals surface area contributed by atoms with Gasteiger partial charge in [-0.15, -0.1) is 0 Å². The van der Waals surface area contributed by atoms with Crippen LogP contribution in [-0.4, -0.2) is 32.0 Å². The van der Waals surface area contributed by atoms with E-state index in [1.807, 2.05) is 11.3 Å². The van der Waals surface area contributed by atoms with Crippen LogP contribution in [0.4, 0.5) is 0 Å². The van der Waals surface area contributed by atoms with Crippen molar-refractivity contribution in [2.24, 2.45) is 5.92 Å². The van der Waals surface area contributed by atoms with Crippen LogP contribution in [-0.2, 0) is 9.47 Å². The first-order valence-electron chi connectivity index (χ1n) is 8.22. The van der Waals surface area contributed by atoms with Crippen molar-refractivity contribution < 1.29 is 9.47 Å². The first kappa shape index (κ1) is 15.5. The zero-order valence-electron chi connectivity index (χ0n) is 13.2. The maximum absolute atomic E-state index is 6.11. The molecule has 21 heavy (non-hydrogen) atoms. The summed E-state index contributed by atoms with van der Waals surface area (Å²) in [6, 6.07) is 0.470. The molecule has 2 aliphatic heterocycles. The van der Waals surface area contributed by atoms with E-state index in [2.05, 4.69) is 29.9 Å². The summed E-state index contributed by atoms with van der Waals surface area (Å²) in [4.78, 5) is 0. The molecular formula is C17H27NO2S. The Hall–Kier alpha value is -0.420. The van der Waals surface area contributed by atoms with Gasteiger partial charge >= 0.3 is 0 Å². The van der Waals surface area contributed by atoms with Crippen molar-refractivity contribution in [2.45, 2.75) is 51.2 Å². The first-order chi connectivity index (χ1) is 10.2. The van der Waals surface area contributed by atoms with E-state index in [9.17, 15) is 0 Å². The van der Waals surface area contributed by atoms with E-state index in [0.717, 1.165) is 45.6 Å². The minimum Gasteiger partial charge on any atom is -0.378 e. The molecule has 2 saturated heterocycles.